The van der Waals surface area contributed by atoms with Crippen molar-refractivity contribution in [3.63, 3.8) is 0 Å². The first kappa shape index (κ1) is 13.3. The molecule has 3 nitrogen and oxygen atoms in total. The van der Waals surface area contributed by atoms with E-state index in [4.69, 9.17) is 12.2 Å². The maximum absolute atomic E-state index is 12.5. The molecule has 1 saturated carbocycles. The van der Waals surface area contributed by atoms with Gasteiger partial charge in [0.1, 0.15) is 5.70 Å². The largest absolute Gasteiger partial charge is 0.328 e. The summed E-state index contributed by atoms with van der Waals surface area (Å²) in [6, 6.07) is 10.1. The van der Waals surface area contributed by atoms with Crippen LogP contribution in [0.15, 0.2) is 36.0 Å². The van der Waals surface area contributed by atoms with Crippen LogP contribution in [0.1, 0.15) is 37.7 Å². The number of thiocarbonyl (C=S) groups is 1. The Morgan fingerprint density at radius 2 is 1.85 bits per heavy atom. The van der Waals surface area contributed by atoms with Crippen molar-refractivity contribution in [2.75, 3.05) is 0 Å². The minimum atomic E-state index is 0.0192. The summed E-state index contributed by atoms with van der Waals surface area (Å²) >= 11 is 5.34. The summed E-state index contributed by atoms with van der Waals surface area (Å²) < 4.78 is 0. The molecular formula is C16H18N2OS. The third-order valence-electron chi connectivity index (χ3n) is 3.96. The van der Waals surface area contributed by atoms with E-state index >= 15 is 0 Å². The van der Waals surface area contributed by atoms with E-state index in [0.717, 1.165) is 18.4 Å². The third-order valence-corrected chi connectivity index (χ3v) is 4.26. The Kier molecular flexibility index (Phi) is 3.83. The molecule has 0 unspecified atom stereocenters. The Bertz CT molecular complexity index is 547. The van der Waals surface area contributed by atoms with Crippen molar-refractivity contribution in [2.45, 2.75) is 38.1 Å². The molecule has 0 aromatic heterocycles. The number of nitrogens with zero attached hydrogens (tertiary/aromatic N) is 1. The molecule has 1 aromatic carbocycles. The highest BCUT2D eigenvalue weighted by Crippen LogP contribution is 2.26. The summed E-state index contributed by atoms with van der Waals surface area (Å²) in [5.74, 6) is 0.0192. The predicted octanol–water partition coefficient (Wildman–Crippen LogP) is 3.08. The van der Waals surface area contributed by atoms with Crippen molar-refractivity contribution in [1.82, 2.24) is 10.2 Å². The second kappa shape index (κ2) is 5.75. The molecule has 2 fully saturated rings. The van der Waals surface area contributed by atoms with Gasteiger partial charge in [0.15, 0.2) is 5.11 Å². The van der Waals surface area contributed by atoms with Crippen LogP contribution in [0.5, 0.6) is 0 Å². The average Bonchev–Trinajstić information content (AvgIpc) is 2.75. The van der Waals surface area contributed by atoms with Gasteiger partial charge in [-0.15, -0.1) is 0 Å². The van der Waals surface area contributed by atoms with Crippen molar-refractivity contribution >= 4 is 29.3 Å². The van der Waals surface area contributed by atoms with Gasteiger partial charge < -0.3 is 5.32 Å². The molecule has 20 heavy (non-hydrogen) atoms. The first-order chi connectivity index (χ1) is 9.75. The highest BCUT2D eigenvalue weighted by Gasteiger charge is 2.36. The second-order valence-electron chi connectivity index (χ2n) is 5.37. The molecule has 1 aliphatic heterocycles. The van der Waals surface area contributed by atoms with Gasteiger partial charge in [-0.25, -0.2) is 0 Å². The predicted molar refractivity (Wildman–Crippen MR) is 83.9 cm³/mol. The highest BCUT2D eigenvalue weighted by molar-refractivity contribution is 7.80. The van der Waals surface area contributed by atoms with Gasteiger partial charge in [0, 0.05) is 6.04 Å². The number of rotatable bonds is 2. The molecule has 1 aromatic rings. The fraction of sp³-hybridized carbons (Fsp3) is 0.375. The lowest BCUT2D eigenvalue weighted by Crippen LogP contribution is -2.41. The summed E-state index contributed by atoms with van der Waals surface area (Å²) in [4.78, 5) is 14.3. The fourth-order valence-electron chi connectivity index (χ4n) is 2.94. The smallest absolute Gasteiger partial charge is 0.276 e. The van der Waals surface area contributed by atoms with E-state index in [1.165, 1.54) is 19.3 Å². The van der Waals surface area contributed by atoms with Gasteiger partial charge in [-0.05, 0) is 36.7 Å². The van der Waals surface area contributed by atoms with Gasteiger partial charge in [0.25, 0.3) is 5.91 Å². The molecule has 1 aliphatic carbocycles. The zero-order valence-corrected chi connectivity index (χ0v) is 12.2. The van der Waals surface area contributed by atoms with Crippen molar-refractivity contribution in [1.29, 1.82) is 0 Å². The van der Waals surface area contributed by atoms with E-state index in [-0.39, 0.29) is 11.9 Å². The summed E-state index contributed by atoms with van der Waals surface area (Å²) in [5, 5.41) is 3.63. The lowest BCUT2D eigenvalue weighted by Gasteiger charge is -2.29. The number of hydrogen-bond acceptors (Lipinski definition) is 2. The van der Waals surface area contributed by atoms with E-state index in [0.29, 0.717) is 10.8 Å². The molecule has 3 rings (SSSR count). The minimum absolute atomic E-state index is 0.0192. The van der Waals surface area contributed by atoms with Crippen LogP contribution in [-0.2, 0) is 4.79 Å². The van der Waals surface area contributed by atoms with Crippen LogP contribution in [0.2, 0.25) is 0 Å². The summed E-state index contributed by atoms with van der Waals surface area (Å²) in [6.07, 6.45) is 7.64. The maximum atomic E-state index is 12.5. The minimum Gasteiger partial charge on any atom is -0.328 e. The average molecular weight is 286 g/mol. The summed E-state index contributed by atoms with van der Waals surface area (Å²) in [5.41, 5.74) is 1.60. The van der Waals surface area contributed by atoms with Crippen LogP contribution in [0.3, 0.4) is 0 Å². The molecule has 104 valence electrons. The zero-order chi connectivity index (χ0) is 13.9. The summed E-state index contributed by atoms with van der Waals surface area (Å²) in [7, 11) is 0. The van der Waals surface area contributed by atoms with Crippen molar-refractivity contribution in [3.05, 3.63) is 41.6 Å². The van der Waals surface area contributed by atoms with Gasteiger partial charge >= 0.3 is 0 Å². The van der Waals surface area contributed by atoms with Gasteiger partial charge in [-0.3, -0.25) is 9.69 Å². The van der Waals surface area contributed by atoms with Gasteiger partial charge in [-0.1, -0.05) is 49.6 Å². The molecule has 1 saturated heterocycles. The lowest BCUT2D eigenvalue weighted by atomic mass is 9.94. The van der Waals surface area contributed by atoms with E-state index in [1.54, 1.807) is 4.90 Å². The SMILES string of the molecule is O=C1/C(=C/c2ccccc2)NC(=S)N1C1CCCCC1. The van der Waals surface area contributed by atoms with Gasteiger partial charge in [0.2, 0.25) is 0 Å². The molecule has 0 atom stereocenters. The molecule has 0 radical (unpaired) electrons. The van der Waals surface area contributed by atoms with Gasteiger partial charge in [-0.2, -0.15) is 0 Å². The molecule has 0 spiro atoms. The first-order valence-electron chi connectivity index (χ1n) is 7.17. The molecule has 4 heteroatoms. The fourth-order valence-corrected chi connectivity index (χ4v) is 3.28. The number of carbonyl (C=O) groups excluding carboxylic acids is 1. The maximum Gasteiger partial charge on any atom is 0.276 e. The Morgan fingerprint density at radius 1 is 1.15 bits per heavy atom. The third kappa shape index (κ3) is 2.61. The molecule has 1 heterocycles. The van der Waals surface area contributed by atoms with E-state index < -0.39 is 0 Å². The van der Waals surface area contributed by atoms with E-state index in [2.05, 4.69) is 5.32 Å². The highest BCUT2D eigenvalue weighted by atomic mass is 32.1. The summed E-state index contributed by atoms with van der Waals surface area (Å²) in [6.45, 7) is 0. The Morgan fingerprint density at radius 3 is 2.55 bits per heavy atom. The van der Waals surface area contributed by atoms with Crippen molar-refractivity contribution in [2.24, 2.45) is 0 Å². The molecule has 1 amide bonds. The van der Waals surface area contributed by atoms with E-state index in [1.807, 2.05) is 36.4 Å². The molecule has 1 N–H and O–H groups in total. The lowest BCUT2D eigenvalue weighted by molar-refractivity contribution is -0.124. The Balaban J connectivity index is 1.81. The van der Waals surface area contributed by atoms with Crippen LogP contribution in [0.25, 0.3) is 6.08 Å². The number of benzene rings is 1. The van der Waals surface area contributed by atoms with E-state index in [9.17, 15) is 4.79 Å². The normalized spacial score (nSPS) is 22.4. The molecular weight excluding hydrogens is 268 g/mol. The number of nitrogens with one attached hydrogen (secondary N) is 1. The Labute approximate surface area is 124 Å². The van der Waals surface area contributed by atoms with Crippen molar-refractivity contribution in [3.8, 4) is 0 Å². The zero-order valence-electron chi connectivity index (χ0n) is 11.3. The number of amides is 1. The second-order valence-corrected chi connectivity index (χ2v) is 5.75. The van der Waals surface area contributed by atoms with Crippen LogP contribution >= 0.6 is 12.2 Å². The van der Waals surface area contributed by atoms with Crippen LogP contribution in [0.4, 0.5) is 0 Å². The van der Waals surface area contributed by atoms with Crippen LogP contribution in [0, 0.1) is 0 Å². The number of hydrogen-bond donors (Lipinski definition) is 1. The standard InChI is InChI=1S/C16H18N2OS/c19-15-14(11-12-7-3-1-4-8-12)17-16(20)18(15)13-9-5-2-6-10-13/h1,3-4,7-8,11,13H,2,5-6,9-10H2,(H,17,20)/b14-11-. The van der Waals surface area contributed by atoms with Crippen LogP contribution < -0.4 is 5.32 Å². The topological polar surface area (TPSA) is 32.3 Å². The van der Waals surface area contributed by atoms with Crippen LogP contribution in [-0.4, -0.2) is 22.0 Å². The quantitative estimate of drug-likeness (QED) is 0.670. The Hall–Kier alpha value is -1.68. The van der Waals surface area contributed by atoms with Crippen molar-refractivity contribution < 1.29 is 4.79 Å². The van der Waals surface area contributed by atoms with Gasteiger partial charge in [0.05, 0.1) is 0 Å². The molecule has 2 aliphatic rings. The monoisotopic (exact) mass is 286 g/mol. The molecule has 0 bridgehead atoms. The number of carbonyl (C=O) groups is 1. The first-order valence-corrected chi connectivity index (χ1v) is 7.58.